The van der Waals surface area contributed by atoms with E-state index in [9.17, 15) is 9.59 Å². The zero-order valence-corrected chi connectivity index (χ0v) is 23.6. The summed E-state index contributed by atoms with van der Waals surface area (Å²) in [7, 11) is 2.04. The fourth-order valence-corrected chi connectivity index (χ4v) is 5.32. The minimum absolute atomic E-state index is 0.154. The minimum atomic E-state index is -0.298. The average Bonchev–Trinajstić information content (AvgIpc) is 3.38. The molecule has 1 unspecified atom stereocenters. The first-order chi connectivity index (χ1) is 19.4. The van der Waals surface area contributed by atoms with Crippen molar-refractivity contribution in [3.8, 4) is 22.4 Å². The number of hydrogen-bond acceptors (Lipinski definition) is 9. The Balaban J connectivity index is 1.35. The number of anilines is 1. The Morgan fingerprint density at radius 1 is 1.07 bits per heavy atom. The second-order valence-electron chi connectivity index (χ2n) is 9.69. The van der Waals surface area contributed by atoms with Crippen molar-refractivity contribution in [1.29, 1.82) is 0 Å². The number of carbonyl (C=O) groups excluding carboxylic acids is 2. The molecule has 208 valence electrons. The Morgan fingerprint density at radius 2 is 1.85 bits per heavy atom. The number of rotatable bonds is 7. The van der Waals surface area contributed by atoms with E-state index in [4.69, 9.17) is 4.74 Å². The van der Waals surface area contributed by atoms with Crippen LogP contribution in [-0.4, -0.2) is 88.2 Å². The Labute approximate surface area is 236 Å². The summed E-state index contributed by atoms with van der Waals surface area (Å²) in [5.74, 6) is 0.446. The van der Waals surface area contributed by atoms with Gasteiger partial charge in [0.1, 0.15) is 12.4 Å². The standard InChI is InChI=1S/C28H32N8O3S/c1-4-29-26(37)34-27-33-23-14-19(13-21(24(23)40-27)22-7-5-6-8-30-22)20-15-31-25(32-16-20)18(2)17-39-28(38)36-11-9-35(3)10-12-36/h5-8,13-16,18H,4,9-12,17H2,1-3H3,(H2,29,33,34,37). The summed E-state index contributed by atoms with van der Waals surface area (Å²) in [5, 5.41) is 6.03. The van der Waals surface area contributed by atoms with Gasteiger partial charge >= 0.3 is 12.1 Å². The lowest BCUT2D eigenvalue weighted by atomic mass is 10.0. The molecule has 0 saturated carbocycles. The van der Waals surface area contributed by atoms with Crippen molar-refractivity contribution in [3.63, 3.8) is 0 Å². The maximum atomic E-state index is 12.4. The predicted molar refractivity (Wildman–Crippen MR) is 155 cm³/mol. The number of urea groups is 1. The van der Waals surface area contributed by atoms with Gasteiger partial charge in [-0.3, -0.25) is 10.3 Å². The number of amides is 3. The van der Waals surface area contributed by atoms with Crippen LogP contribution in [0.1, 0.15) is 25.6 Å². The topological polar surface area (TPSA) is 125 Å². The highest BCUT2D eigenvalue weighted by atomic mass is 32.1. The number of piperazine rings is 1. The molecule has 4 aromatic rings. The zero-order valence-electron chi connectivity index (χ0n) is 22.8. The van der Waals surface area contributed by atoms with Gasteiger partial charge in [-0.2, -0.15) is 0 Å². The van der Waals surface area contributed by atoms with Crippen LogP contribution in [-0.2, 0) is 4.74 Å². The third-order valence-corrected chi connectivity index (χ3v) is 7.67. The van der Waals surface area contributed by atoms with Crippen LogP contribution in [0.3, 0.4) is 0 Å². The molecule has 0 aliphatic carbocycles. The van der Waals surface area contributed by atoms with Gasteiger partial charge in [0.05, 0.1) is 21.8 Å². The molecule has 3 amide bonds. The maximum absolute atomic E-state index is 12.4. The van der Waals surface area contributed by atoms with Crippen molar-refractivity contribution in [2.45, 2.75) is 19.8 Å². The zero-order chi connectivity index (χ0) is 28.1. The van der Waals surface area contributed by atoms with Crippen LogP contribution in [0.2, 0.25) is 0 Å². The Hall–Kier alpha value is -4.16. The first-order valence-corrected chi connectivity index (χ1v) is 14.1. The van der Waals surface area contributed by atoms with Gasteiger partial charge in [-0.05, 0) is 43.8 Å². The van der Waals surface area contributed by atoms with Crippen LogP contribution in [0.15, 0.2) is 48.9 Å². The Bertz CT molecular complexity index is 1470. The highest BCUT2D eigenvalue weighted by Gasteiger charge is 2.22. The fourth-order valence-electron chi connectivity index (χ4n) is 4.36. The lowest BCUT2D eigenvalue weighted by Crippen LogP contribution is -2.47. The molecule has 12 heteroatoms. The van der Waals surface area contributed by atoms with E-state index in [-0.39, 0.29) is 24.6 Å². The summed E-state index contributed by atoms with van der Waals surface area (Å²) < 4.78 is 6.46. The molecule has 11 nitrogen and oxygen atoms in total. The third kappa shape index (κ3) is 6.35. The van der Waals surface area contributed by atoms with E-state index < -0.39 is 0 Å². The molecule has 4 heterocycles. The van der Waals surface area contributed by atoms with E-state index in [1.807, 2.05) is 51.2 Å². The molecular formula is C28H32N8O3S. The number of nitrogens with zero attached hydrogens (tertiary/aromatic N) is 6. The number of likely N-dealkylation sites (N-methyl/N-ethyl adjacent to an activating group) is 1. The van der Waals surface area contributed by atoms with Crippen molar-refractivity contribution in [1.82, 2.24) is 35.1 Å². The van der Waals surface area contributed by atoms with E-state index in [1.165, 1.54) is 11.3 Å². The quantitative estimate of drug-likeness (QED) is 0.340. The van der Waals surface area contributed by atoms with Gasteiger partial charge in [-0.15, -0.1) is 0 Å². The molecule has 1 atom stereocenters. The molecule has 40 heavy (non-hydrogen) atoms. The van der Waals surface area contributed by atoms with Crippen LogP contribution >= 0.6 is 11.3 Å². The number of aromatic nitrogens is 4. The van der Waals surface area contributed by atoms with Gasteiger partial charge in [0.15, 0.2) is 5.13 Å². The van der Waals surface area contributed by atoms with Crippen LogP contribution in [0.25, 0.3) is 32.6 Å². The number of fused-ring (bicyclic) bond motifs is 1. The molecular weight excluding hydrogens is 528 g/mol. The van der Waals surface area contributed by atoms with E-state index in [0.29, 0.717) is 30.6 Å². The monoisotopic (exact) mass is 560 g/mol. The molecule has 5 rings (SSSR count). The summed E-state index contributed by atoms with van der Waals surface area (Å²) in [4.78, 5) is 46.8. The van der Waals surface area contributed by atoms with Gasteiger partial charge in [0.2, 0.25) is 0 Å². The summed E-state index contributed by atoms with van der Waals surface area (Å²) in [6.07, 6.45) is 4.99. The molecule has 0 bridgehead atoms. The van der Waals surface area contributed by atoms with Gasteiger partial charge < -0.3 is 19.9 Å². The van der Waals surface area contributed by atoms with Crippen LogP contribution in [0.5, 0.6) is 0 Å². The molecule has 3 aromatic heterocycles. The van der Waals surface area contributed by atoms with Crippen molar-refractivity contribution >= 4 is 38.8 Å². The SMILES string of the molecule is CCNC(=O)Nc1nc2cc(-c3cnc(C(C)COC(=O)N4CCN(C)CC4)nc3)cc(-c3ccccn3)c2s1. The van der Waals surface area contributed by atoms with Gasteiger partial charge in [-0.25, -0.2) is 24.5 Å². The summed E-state index contributed by atoms with van der Waals surface area (Å²) in [6, 6.07) is 9.45. The Kier molecular flexibility index (Phi) is 8.46. The van der Waals surface area contributed by atoms with Crippen molar-refractivity contribution in [2.75, 3.05) is 51.7 Å². The lowest BCUT2D eigenvalue weighted by molar-refractivity contribution is 0.0779. The molecule has 0 radical (unpaired) electrons. The van der Waals surface area contributed by atoms with Crippen LogP contribution in [0.4, 0.5) is 14.7 Å². The molecule has 1 fully saturated rings. The number of thiazole rings is 1. The highest BCUT2D eigenvalue weighted by molar-refractivity contribution is 7.22. The smallest absolute Gasteiger partial charge is 0.409 e. The molecule has 0 spiro atoms. The van der Waals surface area contributed by atoms with Crippen LogP contribution < -0.4 is 10.6 Å². The van der Waals surface area contributed by atoms with Crippen molar-refractivity contribution in [2.24, 2.45) is 0 Å². The number of carbonyl (C=O) groups is 2. The summed E-state index contributed by atoms with van der Waals surface area (Å²) in [6.45, 7) is 7.55. The molecule has 1 aliphatic heterocycles. The number of pyridine rings is 1. The number of benzene rings is 1. The summed E-state index contributed by atoms with van der Waals surface area (Å²) >= 11 is 1.40. The predicted octanol–water partition coefficient (Wildman–Crippen LogP) is 4.44. The van der Waals surface area contributed by atoms with Gasteiger partial charge in [-0.1, -0.05) is 24.3 Å². The Morgan fingerprint density at radius 3 is 2.55 bits per heavy atom. The molecule has 2 N–H and O–H groups in total. The third-order valence-electron chi connectivity index (χ3n) is 6.65. The first-order valence-electron chi connectivity index (χ1n) is 13.2. The number of nitrogens with one attached hydrogen (secondary N) is 2. The number of ether oxygens (including phenoxy) is 1. The van der Waals surface area contributed by atoms with Crippen LogP contribution in [0, 0.1) is 0 Å². The lowest BCUT2D eigenvalue weighted by Gasteiger charge is -2.31. The molecule has 1 aromatic carbocycles. The van der Waals surface area contributed by atoms with E-state index >= 15 is 0 Å². The van der Waals surface area contributed by atoms with Gasteiger partial charge in [0.25, 0.3) is 0 Å². The largest absolute Gasteiger partial charge is 0.449 e. The maximum Gasteiger partial charge on any atom is 0.409 e. The second-order valence-corrected chi connectivity index (χ2v) is 10.7. The summed E-state index contributed by atoms with van der Waals surface area (Å²) in [5.41, 5.74) is 4.14. The first kappa shape index (κ1) is 27.4. The van der Waals surface area contributed by atoms with E-state index in [1.54, 1.807) is 23.5 Å². The fraction of sp³-hybridized carbons (Fsp3) is 0.357. The van der Waals surface area contributed by atoms with Crippen molar-refractivity contribution < 1.29 is 14.3 Å². The van der Waals surface area contributed by atoms with Crippen molar-refractivity contribution in [3.05, 3.63) is 54.7 Å². The average molecular weight is 561 g/mol. The second kappa shape index (κ2) is 12.3. The minimum Gasteiger partial charge on any atom is -0.449 e. The number of hydrogen-bond donors (Lipinski definition) is 2. The highest BCUT2D eigenvalue weighted by Crippen LogP contribution is 2.38. The normalized spacial score (nSPS) is 14.6. The molecule has 1 saturated heterocycles. The molecule has 1 aliphatic rings. The van der Waals surface area contributed by atoms with Gasteiger partial charge in [0, 0.05) is 62.4 Å². The van der Waals surface area contributed by atoms with E-state index in [0.717, 1.165) is 45.7 Å². The van der Waals surface area contributed by atoms with E-state index in [2.05, 4.69) is 35.5 Å².